The van der Waals surface area contributed by atoms with Crippen LogP contribution in [-0.4, -0.2) is 28.9 Å². The summed E-state index contributed by atoms with van der Waals surface area (Å²) in [4.78, 5) is 1.39. The molecule has 1 aromatic heterocycles. The number of ether oxygens (including phenoxy) is 2. The molecule has 0 bridgehead atoms. The molecule has 4 nitrogen and oxygen atoms in total. The van der Waals surface area contributed by atoms with Crippen molar-refractivity contribution in [3.63, 3.8) is 0 Å². The van der Waals surface area contributed by atoms with Gasteiger partial charge < -0.3 is 9.47 Å². The second kappa shape index (κ2) is 8.57. The highest BCUT2D eigenvalue weighted by molar-refractivity contribution is 7.90. The van der Waals surface area contributed by atoms with Gasteiger partial charge in [-0.1, -0.05) is 36.4 Å². The Kier molecular flexibility index (Phi) is 5.85. The van der Waals surface area contributed by atoms with Crippen LogP contribution in [0.1, 0.15) is 11.1 Å². The lowest BCUT2D eigenvalue weighted by Gasteiger charge is -2.04. The summed E-state index contributed by atoms with van der Waals surface area (Å²) >= 11 is 1.66. The molecule has 0 aliphatic rings. The molecule has 0 spiro atoms. The maximum Gasteiger partial charge on any atom is 0.175 e. The Morgan fingerprint density at radius 3 is 2.06 bits per heavy atom. The van der Waals surface area contributed by atoms with Crippen LogP contribution in [0.5, 0.6) is 11.5 Å². The summed E-state index contributed by atoms with van der Waals surface area (Å²) in [5, 5.41) is 1.12. The van der Waals surface area contributed by atoms with Crippen molar-refractivity contribution >= 4 is 43.4 Å². The van der Waals surface area contributed by atoms with Crippen molar-refractivity contribution in [3.8, 4) is 21.9 Å². The fourth-order valence-corrected chi connectivity index (χ4v) is 5.21. The molecule has 0 aliphatic carbocycles. The SMILES string of the molecule is COc1ccc(/C=C/c2c(-c3ccc(S(C)(=O)=O)cc3)sc3cc(OC)ccc23)cc1. The summed E-state index contributed by atoms with van der Waals surface area (Å²) in [6.45, 7) is 0. The van der Waals surface area contributed by atoms with Crippen LogP contribution in [0.4, 0.5) is 0 Å². The number of sulfone groups is 1. The minimum Gasteiger partial charge on any atom is -0.497 e. The van der Waals surface area contributed by atoms with E-state index in [1.807, 2.05) is 48.5 Å². The van der Waals surface area contributed by atoms with Crippen LogP contribution >= 0.6 is 11.3 Å². The zero-order chi connectivity index (χ0) is 22.0. The van der Waals surface area contributed by atoms with Gasteiger partial charge in [0.1, 0.15) is 11.5 Å². The molecule has 0 radical (unpaired) electrons. The van der Waals surface area contributed by atoms with Gasteiger partial charge in [-0.05, 0) is 53.6 Å². The van der Waals surface area contributed by atoms with E-state index in [4.69, 9.17) is 9.47 Å². The highest BCUT2D eigenvalue weighted by Crippen LogP contribution is 2.41. The minimum atomic E-state index is -3.23. The van der Waals surface area contributed by atoms with Gasteiger partial charge in [0.15, 0.2) is 9.84 Å². The highest BCUT2D eigenvalue weighted by Gasteiger charge is 2.14. The van der Waals surface area contributed by atoms with Crippen molar-refractivity contribution < 1.29 is 17.9 Å². The number of thiophene rings is 1. The van der Waals surface area contributed by atoms with Crippen LogP contribution in [0.15, 0.2) is 71.6 Å². The number of rotatable bonds is 6. The summed E-state index contributed by atoms with van der Waals surface area (Å²) in [7, 11) is 0.0727. The van der Waals surface area contributed by atoms with Crippen molar-refractivity contribution in [2.45, 2.75) is 4.90 Å². The van der Waals surface area contributed by atoms with Crippen molar-refractivity contribution in [1.82, 2.24) is 0 Å². The van der Waals surface area contributed by atoms with Gasteiger partial charge >= 0.3 is 0 Å². The molecule has 0 N–H and O–H groups in total. The van der Waals surface area contributed by atoms with Crippen LogP contribution in [-0.2, 0) is 9.84 Å². The molecule has 0 atom stereocenters. The molecule has 0 fully saturated rings. The van der Waals surface area contributed by atoms with Gasteiger partial charge in [-0.3, -0.25) is 0 Å². The van der Waals surface area contributed by atoms with Crippen molar-refractivity contribution in [2.75, 3.05) is 20.5 Å². The number of benzene rings is 3. The van der Waals surface area contributed by atoms with E-state index in [9.17, 15) is 8.42 Å². The number of hydrogen-bond donors (Lipinski definition) is 0. The Bertz CT molecular complexity index is 1350. The Labute approximate surface area is 186 Å². The Balaban J connectivity index is 1.82. The molecule has 4 aromatic rings. The van der Waals surface area contributed by atoms with Crippen LogP contribution in [0, 0.1) is 0 Å². The first-order valence-corrected chi connectivity index (χ1v) is 12.3. The first-order valence-electron chi connectivity index (χ1n) is 9.62. The third-order valence-electron chi connectivity index (χ3n) is 5.04. The van der Waals surface area contributed by atoms with Gasteiger partial charge in [-0.2, -0.15) is 0 Å². The van der Waals surface area contributed by atoms with Gasteiger partial charge in [-0.15, -0.1) is 11.3 Å². The maximum absolute atomic E-state index is 11.8. The van der Waals surface area contributed by atoms with Crippen molar-refractivity contribution in [2.24, 2.45) is 0 Å². The Morgan fingerprint density at radius 1 is 0.806 bits per heavy atom. The van der Waals surface area contributed by atoms with E-state index >= 15 is 0 Å². The van der Waals surface area contributed by atoms with Crippen LogP contribution in [0.2, 0.25) is 0 Å². The average Bonchev–Trinajstić information content (AvgIpc) is 3.15. The molecule has 6 heteroatoms. The summed E-state index contributed by atoms with van der Waals surface area (Å²) in [5.41, 5.74) is 3.12. The second-order valence-electron chi connectivity index (χ2n) is 7.11. The summed E-state index contributed by atoms with van der Waals surface area (Å²) < 4.78 is 35.4. The quantitative estimate of drug-likeness (QED) is 0.353. The molecule has 0 aliphatic heterocycles. The van der Waals surface area contributed by atoms with Gasteiger partial charge in [-0.25, -0.2) is 8.42 Å². The maximum atomic E-state index is 11.8. The molecule has 0 amide bonds. The zero-order valence-electron chi connectivity index (χ0n) is 17.5. The monoisotopic (exact) mass is 450 g/mol. The van der Waals surface area contributed by atoms with E-state index in [0.717, 1.165) is 43.2 Å². The molecular formula is C25H22O4S2. The first kappa shape index (κ1) is 21.2. The summed E-state index contributed by atoms with van der Waals surface area (Å²) in [5.74, 6) is 1.62. The lowest BCUT2D eigenvalue weighted by molar-refractivity contribution is 0.415. The minimum absolute atomic E-state index is 0.314. The Morgan fingerprint density at radius 2 is 1.45 bits per heavy atom. The van der Waals surface area contributed by atoms with Gasteiger partial charge in [0.05, 0.1) is 19.1 Å². The highest BCUT2D eigenvalue weighted by atomic mass is 32.2. The molecule has 4 rings (SSSR count). The van der Waals surface area contributed by atoms with Crippen LogP contribution in [0.25, 0.3) is 32.7 Å². The number of fused-ring (bicyclic) bond motifs is 1. The molecular weight excluding hydrogens is 428 g/mol. The van der Waals surface area contributed by atoms with E-state index in [0.29, 0.717) is 4.90 Å². The molecule has 1 heterocycles. The number of methoxy groups -OCH3 is 2. The molecule has 158 valence electrons. The summed E-state index contributed by atoms with van der Waals surface area (Å²) in [6.07, 6.45) is 5.39. The largest absolute Gasteiger partial charge is 0.497 e. The predicted octanol–water partition coefficient (Wildman–Crippen LogP) is 6.16. The van der Waals surface area contributed by atoms with Crippen LogP contribution in [0.3, 0.4) is 0 Å². The van der Waals surface area contributed by atoms with Crippen LogP contribution < -0.4 is 9.47 Å². The van der Waals surface area contributed by atoms with Crippen molar-refractivity contribution in [1.29, 1.82) is 0 Å². The third-order valence-corrected chi connectivity index (χ3v) is 7.38. The van der Waals surface area contributed by atoms with Gasteiger partial charge in [0, 0.05) is 26.8 Å². The molecule has 0 unspecified atom stereocenters. The predicted molar refractivity (Wildman–Crippen MR) is 129 cm³/mol. The lowest BCUT2D eigenvalue weighted by Crippen LogP contribution is -1.96. The smallest absolute Gasteiger partial charge is 0.175 e. The fourth-order valence-electron chi connectivity index (χ4n) is 3.35. The average molecular weight is 451 g/mol. The second-order valence-corrected chi connectivity index (χ2v) is 10.2. The van der Waals surface area contributed by atoms with E-state index in [-0.39, 0.29) is 0 Å². The van der Waals surface area contributed by atoms with Gasteiger partial charge in [0.25, 0.3) is 0 Å². The molecule has 0 saturated heterocycles. The molecule has 0 saturated carbocycles. The fraction of sp³-hybridized carbons (Fsp3) is 0.120. The Hall–Kier alpha value is -3.09. The van der Waals surface area contributed by atoms with E-state index in [1.54, 1.807) is 37.7 Å². The van der Waals surface area contributed by atoms with E-state index in [2.05, 4.69) is 18.2 Å². The van der Waals surface area contributed by atoms with Crippen molar-refractivity contribution in [3.05, 3.63) is 77.9 Å². The zero-order valence-corrected chi connectivity index (χ0v) is 19.1. The van der Waals surface area contributed by atoms with Gasteiger partial charge in [0.2, 0.25) is 0 Å². The third kappa shape index (κ3) is 4.50. The topological polar surface area (TPSA) is 52.6 Å². The van der Waals surface area contributed by atoms with E-state index in [1.165, 1.54) is 6.26 Å². The first-order chi connectivity index (χ1) is 14.9. The molecule has 3 aromatic carbocycles. The number of hydrogen-bond acceptors (Lipinski definition) is 5. The molecule has 31 heavy (non-hydrogen) atoms. The normalized spacial score (nSPS) is 11.8. The lowest BCUT2D eigenvalue weighted by atomic mass is 10.0. The standard InChI is InChI=1S/C25H22O4S2/c1-28-19-9-4-17(5-10-19)6-14-23-22-15-11-20(29-2)16-24(22)30-25(23)18-7-12-21(13-8-18)31(3,26)27/h4-16H,1-3H3/b14-6+. The van der Waals surface area contributed by atoms with E-state index < -0.39 is 9.84 Å². The summed E-state index contributed by atoms with van der Waals surface area (Å²) in [6, 6.07) is 21.0.